The lowest BCUT2D eigenvalue weighted by atomic mass is 9.69. The molecule has 10 rings (SSSR count). The number of allylic oxidation sites excluding steroid dienone is 19. The fraction of sp³-hybridized carbons (Fsp3) is 0.0926. The molecule has 1 spiro atoms. The first-order valence-corrected chi connectivity index (χ1v) is 19.7. The molecule has 1 N–H and O–H groups in total. The molecule has 6 aliphatic carbocycles. The van der Waals surface area contributed by atoms with Crippen LogP contribution in [0.3, 0.4) is 0 Å². The first-order chi connectivity index (χ1) is 27.7. The monoisotopic (exact) mass is 718 g/mol. The summed E-state index contributed by atoms with van der Waals surface area (Å²) in [4.78, 5) is 2.37. The van der Waals surface area contributed by atoms with Crippen LogP contribution in [-0.4, -0.2) is 0 Å². The number of fused-ring (bicyclic) bond motifs is 9. The Bertz CT molecular complexity index is 2730. The Morgan fingerprint density at radius 3 is 2.57 bits per heavy atom. The number of anilines is 2. The zero-order chi connectivity index (χ0) is 37.5. The van der Waals surface area contributed by atoms with Crippen molar-refractivity contribution in [1.82, 2.24) is 0 Å². The zero-order valence-corrected chi connectivity index (χ0v) is 31.5. The van der Waals surface area contributed by atoms with Crippen molar-refractivity contribution in [3.05, 3.63) is 250 Å². The quantitative estimate of drug-likeness (QED) is 0.144. The summed E-state index contributed by atoms with van der Waals surface area (Å²) in [7, 11) is 0. The van der Waals surface area contributed by atoms with E-state index in [4.69, 9.17) is 0 Å². The van der Waals surface area contributed by atoms with E-state index in [1.54, 1.807) is 0 Å². The van der Waals surface area contributed by atoms with E-state index in [9.17, 15) is 0 Å². The van der Waals surface area contributed by atoms with Crippen LogP contribution in [0.1, 0.15) is 59.6 Å². The van der Waals surface area contributed by atoms with Gasteiger partial charge in [-0.05, 0) is 136 Å². The number of benzene rings is 4. The maximum atomic E-state index is 3.53. The summed E-state index contributed by atoms with van der Waals surface area (Å²) in [5, 5.41) is 3.49. The second-order valence-electron chi connectivity index (χ2n) is 15.0. The van der Waals surface area contributed by atoms with Crippen molar-refractivity contribution in [2.24, 2.45) is 0 Å². The van der Waals surface area contributed by atoms with Crippen LogP contribution in [0.25, 0.3) is 28.3 Å². The van der Waals surface area contributed by atoms with Gasteiger partial charge in [-0.3, -0.25) is 0 Å². The van der Waals surface area contributed by atoms with Gasteiger partial charge in [0.2, 0.25) is 0 Å². The summed E-state index contributed by atoms with van der Waals surface area (Å²) in [6, 6.07) is 31.8. The van der Waals surface area contributed by atoms with Gasteiger partial charge in [0.15, 0.2) is 0 Å². The van der Waals surface area contributed by atoms with Gasteiger partial charge < -0.3 is 10.2 Å². The van der Waals surface area contributed by atoms with Gasteiger partial charge >= 0.3 is 0 Å². The molecule has 0 saturated carbocycles. The fourth-order valence-electron chi connectivity index (χ4n) is 9.35. The molecule has 56 heavy (non-hydrogen) atoms. The van der Waals surface area contributed by atoms with E-state index >= 15 is 0 Å². The molecule has 0 aliphatic heterocycles. The van der Waals surface area contributed by atoms with Crippen molar-refractivity contribution in [1.29, 1.82) is 0 Å². The van der Waals surface area contributed by atoms with Crippen molar-refractivity contribution in [2.45, 2.75) is 31.6 Å². The Morgan fingerprint density at radius 1 is 0.732 bits per heavy atom. The predicted octanol–water partition coefficient (Wildman–Crippen LogP) is 13.5. The summed E-state index contributed by atoms with van der Waals surface area (Å²) in [6.45, 7) is 2.15. The van der Waals surface area contributed by atoms with Gasteiger partial charge in [0.25, 0.3) is 0 Å². The van der Waals surface area contributed by atoms with E-state index in [1.165, 1.54) is 66.8 Å². The molecule has 6 aliphatic rings. The second-order valence-corrected chi connectivity index (χ2v) is 15.0. The number of hydrogen-bond donors (Lipinski definition) is 1. The first-order valence-electron chi connectivity index (χ1n) is 19.7. The smallest absolute Gasteiger partial charge is 0.0890 e. The Morgan fingerprint density at radius 2 is 1.66 bits per heavy atom. The van der Waals surface area contributed by atoms with Gasteiger partial charge in [-0.15, -0.1) is 0 Å². The molecule has 2 heteroatoms. The third kappa shape index (κ3) is 5.58. The van der Waals surface area contributed by atoms with Gasteiger partial charge in [0, 0.05) is 23.3 Å². The topological polar surface area (TPSA) is 15.3 Å². The molecule has 0 amide bonds. The lowest BCUT2D eigenvalue weighted by molar-refractivity contribution is 0.749. The van der Waals surface area contributed by atoms with E-state index in [2.05, 4.69) is 205 Å². The zero-order valence-electron chi connectivity index (χ0n) is 31.5. The normalized spacial score (nSPS) is 21.7. The molecule has 0 bridgehead atoms. The molecule has 268 valence electrons. The van der Waals surface area contributed by atoms with Crippen LogP contribution >= 0.6 is 0 Å². The van der Waals surface area contributed by atoms with Gasteiger partial charge in [-0.2, -0.15) is 0 Å². The Balaban J connectivity index is 1.06. The van der Waals surface area contributed by atoms with Gasteiger partial charge in [0.1, 0.15) is 0 Å². The first kappa shape index (κ1) is 33.7. The van der Waals surface area contributed by atoms with E-state index in [1.807, 2.05) is 12.3 Å². The Hall–Kier alpha value is -6.86. The summed E-state index contributed by atoms with van der Waals surface area (Å²) in [5.74, 6) is 0. The van der Waals surface area contributed by atoms with Crippen molar-refractivity contribution in [2.75, 3.05) is 10.2 Å². The van der Waals surface area contributed by atoms with Crippen LogP contribution in [0.2, 0.25) is 0 Å². The lowest BCUT2D eigenvalue weighted by Gasteiger charge is -2.33. The van der Waals surface area contributed by atoms with Crippen LogP contribution in [0.15, 0.2) is 217 Å². The van der Waals surface area contributed by atoms with E-state index in [0.29, 0.717) is 0 Å². The van der Waals surface area contributed by atoms with Crippen LogP contribution in [0, 0.1) is 0 Å². The second kappa shape index (κ2) is 14.1. The average molecular weight is 719 g/mol. The highest BCUT2D eigenvalue weighted by atomic mass is 15.2. The van der Waals surface area contributed by atoms with Gasteiger partial charge in [-0.25, -0.2) is 0 Å². The van der Waals surface area contributed by atoms with Gasteiger partial charge in [0.05, 0.1) is 11.1 Å². The van der Waals surface area contributed by atoms with Crippen LogP contribution in [-0.2, 0) is 5.41 Å². The number of nitrogens with one attached hydrogen (secondary N) is 1. The number of rotatable bonds is 8. The summed E-state index contributed by atoms with van der Waals surface area (Å²) < 4.78 is 0. The molecule has 1 unspecified atom stereocenters. The molecular weight excluding hydrogens is 677 g/mol. The number of nitrogens with zero attached hydrogens (tertiary/aromatic N) is 1. The minimum Gasteiger partial charge on any atom is -0.362 e. The average Bonchev–Trinajstić information content (AvgIpc) is 4.08. The highest BCUT2D eigenvalue weighted by Crippen LogP contribution is 2.64. The third-order valence-electron chi connectivity index (χ3n) is 11.7. The van der Waals surface area contributed by atoms with Crippen molar-refractivity contribution < 1.29 is 0 Å². The molecule has 0 heterocycles. The molecular formula is C54H42N2. The fourth-order valence-corrected chi connectivity index (χ4v) is 9.35. The molecule has 2 nitrogen and oxygen atoms in total. The third-order valence-corrected chi connectivity index (χ3v) is 11.7. The molecule has 4 aromatic rings. The predicted molar refractivity (Wildman–Crippen MR) is 237 cm³/mol. The molecule has 4 aromatic carbocycles. The van der Waals surface area contributed by atoms with Crippen molar-refractivity contribution in [3.8, 4) is 11.1 Å². The van der Waals surface area contributed by atoms with Gasteiger partial charge in [-0.1, -0.05) is 151 Å². The minimum atomic E-state index is -0.390. The summed E-state index contributed by atoms with van der Waals surface area (Å²) in [6.07, 6.45) is 42.1. The van der Waals surface area contributed by atoms with E-state index < -0.39 is 0 Å². The Kier molecular flexibility index (Phi) is 8.48. The molecule has 0 aromatic heterocycles. The minimum absolute atomic E-state index is 0.390. The molecule has 1 atom stereocenters. The van der Waals surface area contributed by atoms with Crippen molar-refractivity contribution >= 4 is 28.6 Å². The lowest BCUT2D eigenvalue weighted by Crippen LogP contribution is -2.28. The van der Waals surface area contributed by atoms with E-state index in [0.717, 1.165) is 42.0 Å². The summed E-state index contributed by atoms with van der Waals surface area (Å²) >= 11 is 0. The van der Waals surface area contributed by atoms with Crippen molar-refractivity contribution in [3.63, 3.8) is 0 Å². The SMILES string of the molecule is CC1=C\C=C/C(N(C2=C=CC=C2)c2ccc3c(c2)C2(C4=C3C=CC4)c3ccccc3-c3c(/C=C\C=C/Nc4cccc(C5=CC=CC5)c4)cccc32)=CC/C=C\1. The standard InChI is InChI=1S/C54H42N2/c1-38-16-2-5-24-44(27-12-17-38)56(43-25-6-7-26-43)45-33-34-47-46-29-15-31-49(46)54(52(47)37-45)50-30-9-8-28-48(50)53-40(21-14-32-51(53)54)20-10-11-35-55-42-23-13-22-41(36-42)39-18-3-4-19-39/h2-4,6-18,20-25,27-30,32-37,55H,5,19,31H2,1H3/b16-2-,20-10-,27-12-,35-11-,38-17+,44-24?. The number of hydrogen-bond acceptors (Lipinski definition) is 2. The van der Waals surface area contributed by atoms with Crippen LogP contribution < -0.4 is 10.2 Å². The maximum absolute atomic E-state index is 3.53. The summed E-state index contributed by atoms with van der Waals surface area (Å²) in [5.41, 5.74) is 23.5. The molecule has 0 fully saturated rings. The molecule has 0 radical (unpaired) electrons. The molecule has 0 saturated heterocycles. The Labute approximate surface area is 330 Å². The highest BCUT2D eigenvalue weighted by molar-refractivity contribution is 6.00. The maximum Gasteiger partial charge on any atom is 0.0890 e. The van der Waals surface area contributed by atoms with Crippen LogP contribution in [0.4, 0.5) is 11.4 Å². The largest absolute Gasteiger partial charge is 0.362 e. The highest BCUT2D eigenvalue weighted by Gasteiger charge is 2.53. The van der Waals surface area contributed by atoms with E-state index in [-0.39, 0.29) is 5.41 Å². The van der Waals surface area contributed by atoms with Crippen LogP contribution in [0.5, 0.6) is 0 Å².